The Labute approximate surface area is 181 Å². The van der Waals surface area contributed by atoms with Crippen molar-refractivity contribution in [3.63, 3.8) is 0 Å². The zero-order valence-electron chi connectivity index (χ0n) is 17.7. The molecule has 31 heavy (non-hydrogen) atoms. The van der Waals surface area contributed by atoms with Crippen LogP contribution < -0.4 is 11.1 Å². The molecular formula is C21H27N7O2S. The molecule has 10 heteroatoms. The van der Waals surface area contributed by atoms with Gasteiger partial charge >= 0.3 is 0 Å². The lowest BCUT2D eigenvalue weighted by Crippen LogP contribution is -2.46. The Morgan fingerprint density at radius 2 is 1.90 bits per heavy atom. The van der Waals surface area contributed by atoms with Crippen molar-refractivity contribution in [3.05, 3.63) is 35.7 Å². The lowest BCUT2D eigenvalue weighted by molar-refractivity contribution is 0.224. The normalized spacial score (nSPS) is 24.0. The highest BCUT2D eigenvalue weighted by atomic mass is 32.2. The van der Waals surface area contributed by atoms with Crippen LogP contribution in [0.5, 0.6) is 0 Å². The first-order chi connectivity index (χ1) is 14.8. The Hall–Kier alpha value is -2.72. The minimum Gasteiger partial charge on any atom is -0.383 e. The molecule has 3 aromatic rings. The lowest BCUT2D eigenvalue weighted by atomic mass is 9.89. The zero-order chi connectivity index (χ0) is 21.8. The fourth-order valence-electron chi connectivity index (χ4n) is 5.05. The van der Waals surface area contributed by atoms with E-state index < -0.39 is 10.0 Å². The predicted molar refractivity (Wildman–Crippen MR) is 121 cm³/mol. The second-order valence-electron chi connectivity index (χ2n) is 8.54. The van der Waals surface area contributed by atoms with Gasteiger partial charge in [-0.15, -0.1) is 0 Å². The van der Waals surface area contributed by atoms with Crippen molar-refractivity contribution in [2.45, 2.75) is 57.5 Å². The van der Waals surface area contributed by atoms with Gasteiger partial charge in [-0.25, -0.2) is 13.4 Å². The van der Waals surface area contributed by atoms with Gasteiger partial charge < -0.3 is 11.1 Å². The van der Waals surface area contributed by atoms with E-state index in [9.17, 15) is 8.42 Å². The Balaban J connectivity index is 1.43. The fourth-order valence-corrected chi connectivity index (χ4v) is 6.64. The highest BCUT2D eigenvalue weighted by Gasteiger charge is 2.46. The summed E-state index contributed by atoms with van der Waals surface area (Å²) in [5.41, 5.74) is 8.90. The van der Waals surface area contributed by atoms with E-state index in [1.807, 2.05) is 31.2 Å². The van der Waals surface area contributed by atoms with Crippen molar-refractivity contribution in [1.82, 2.24) is 24.5 Å². The van der Waals surface area contributed by atoms with Gasteiger partial charge in [0.15, 0.2) is 5.82 Å². The summed E-state index contributed by atoms with van der Waals surface area (Å²) in [7, 11) is -3.17. The van der Waals surface area contributed by atoms with Crippen LogP contribution in [0.3, 0.4) is 0 Å². The maximum Gasteiger partial charge on any atom is 0.214 e. The number of rotatable bonds is 5. The number of hydrogen-bond donors (Lipinski definition) is 3. The summed E-state index contributed by atoms with van der Waals surface area (Å²) in [5.74, 6) is 2.07. The number of sulfonamides is 1. The zero-order valence-corrected chi connectivity index (χ0v) is 18.5. The number of nitrogens with two attached hydrogens (primary N) is 1. The molecule has 5 heterocycles. The first-order valence-electron chi connectivity index (χ1n) is 10.7. The third-order valence-corrected chi connectivity index (χ3v) is 8.44. The van der Waals surface area contributed by atoms with Gasteiger partial charge in [-0.1, -0.05) is 0 Å². The maximum absolute atomic E-state index is 12.5. The first-order valence-corrected chi connectivity index (χ1v) is 12.3. The monoisotopic (exact) mass is 441 g/mol. The van der Waals surface area contributed by atoms with Gasteiger partial charge in [-0.05, 0) is 51.7 Å². The van der Waals surface area contributed by atoms with Crippen LogP contribution in [0.15, 0.2) is 24.3 Å². The number of pyridine rings is 2. The Bertz CT molecular complexity index is 1230. The van der Waals surface area contributed by atoms with Crippen LogP contribution in [0, 0.1) is 6.92 Å². The van der Waals surface area contributed by atoms with E-state index in [0.29, 0.717) is 17.5 Å². The number of nitrogens with zero attached hydrogens (tertiary/aromatic N) is 4. The number of piperidine rings is 1. The second kappa shape index (κ2) is 7.45. The van der Waals surface area contributed by atoms with E-state index >= 15 is 0 Å². The summed E-state index contributed by atoms with van der Waals surface area (Å²) in [6, 6.07) is 7.91. The minimum atomic E-state index is -3.17. The summed E-state index contributed by atoms with van der Waals surface area (Å²) in [4.78, 5) is 9.34. The van der Waals surface area contributed by atoms with E-state index in [1.165, 1.54) is 0 Å². The lowest BCUT2D eigenvalue weighted by Gasteiger charge is -2.37. The fraction of sp³-hybridized carbons (Fsp3) is 0.476. The maximum atomic E-state index is 12.5. The largest absolute Gasteiger partial charge is 0.383 e. The van der Waals surface area contributed by atoms with Crippen molar-refractivity contribution >= 4 is 38.4 Å². The van der Waals surface area contributed by atoms with Gasteiger partial charge in [0.25, 0.3) is 0 Å². The van der Waals surface area contributed by atoms with Gasteiger partial charge in [-0.2, -0.15) is 9.40 Å². The number of H-pyrrole nitrogens is 1. The molecule has 0 aliphatic carbocycles. The van der Waals surface area contributed by atoms with Crippen molar-refractivity contribution in [2.75, 3.05) is 16.8 Å². The summed E-state index contributed by atoms with van der Waals surface area (Å²) >= 11 is 0. The first kappa shape index (κ1) is 20.2. The molecule has 3 atom stereocenters. The van der Waals surface area contributed by atoms with E-state index in [-0.39, 0.29) is 23.8 Å². The molecule has 9 nitrogen and oxygen atoms in total. The molecule has 0 saturated carbocycles. The molecule has 4 N–H and O–H groups in total. The number of fused-ring (bicyclic) bond motifs is 3. The highest BCUT2D eigenvalue weighted by Crippen LogP contribution is 2.44. The van der Waals surface area contributed by atoms with Crippen LogP contribution in [-0.2, 0) is 10.0 Å². The van der Waals surface area contributed by atoms with Crippen molar-refractivity contribution < 1.29 is 8.42 Å². The number of nitrogens with one attached hydrogen (secondary N) is 2. The molecule has 2 saturated heterocycles. The second-order valence-corrected chi connectivity index (χ2v) is 10.7. The average Bonchev–Trinajstić information content (AvgIpc) is 3.27. The van der Waals surface area contributed by atoms with Crippen molar-refractivity contribution in [2.24, 2.45) is 0 Å². The van der Waals surface area contributed by atoms with Crippen LogP contribution in [0.2, 0.25) is 0 Å². The van der Waals surface area contributed by atoms with Crippen LogP contribution >= 0.6 is 0 Å². The molecule has 2 fully saturated rings. The van der Waals surface area contributed by atoms with Gasteiger partial charge in [0.1, 0.15) is 11.6 Å². The summed E-state index contributed by atoms with van der Waals surface area (Å²) < 4.78 is 26.8. The standard InChI is InChI=1S/C21H27N7O2S/c1-3-31(29,30)28-14-4-5-15(28)10-13(9-14)17-7-6-16-18(23-17)11-19(25-21(16)22)24-20-8-12(2)26-27-20/h6-8,11,13-15H,3-5,9-10H2,1-2H3,(H4,22,24,25,26,27)/t13-,14+,15-. The SMILES string of the molecule is CCS(=O)(=O)N1[C@@H]2CC[C@H]1C[C@@H](c1ccc3c(N)nc(Nc4cc(C)[nH]n4)cc3n1)C2. The molecule has 2 aliphatic heterocycles. The third-order valence-electron chi connectivity index (χ3n) is 6.47. The van der Waals surface area contributed by atoms with Crippen LogP contribution in [0.4, 0.5) is 17.5 Å². The molecule has 5 rings (SSSR count). The molecule has 164 valence electrons. The summed E-state index contributed by atoms with van der Waals surface area (Å²) in [6.45, 7) is 3.65. The number of aromatic amines is 1. The Morgan fingerprint density at radius 1 is 1.16 bits per heavy atom. The van der Waals surface area contributed by atoms with Gasteiger partial charge in [-0.3, -0.25) is 10.1 Å². The van der Waals surface area contributed by atoms with Gasteiger partial charge in [0.05, 0.1) is 11.3 Å². The summed E-state index contributed by atoms with van der Waals surface area (Å²) in [6.07, 6.45) is 3.49. The van der Waals surface area contributed by atoms with Crippen molar-refractivity contribution in [1.29, 1.82) is 0 Å². The molecule has 0 spiro atoms. The average molecular weight is 442 g/mol. The topological polar surface area (TPSA) is 130 Å². The smallest absolute Gasteiger partial charge is 0.214 e. The molecule has 0 aromatic carbocycles. The highest BCUT2D eigenvalue weighted by molar-refractivity contribution is 7.89. The number of hydrogen-bond acceptors (Lipinski definition) is 7. The molecule has 3 aromatic heterocycles. The quantitative estimate of drug-likeness (QED) is 0.555. The molecular weight excluding hydrogens is 414 g/mol. The number of aromatic nitrogens is 4. The van der Waals surface area contributed by atoms with E-state index in [4.69, 9.17) is 10.7 Å². The van der Waals surface area contributed by atoms with Crippen LogP contribution in [0.25, 0.3) is 10.9 Å². The number of nitrogen functional groups attached to an aromatic ring is 1. The molecule has 0 amide bonds. The Morgan fingerprint density at radius 3 is 2.55 bits per heavy atom. The molecule has 0 radical (unpaired) electrons. The van der Waals surface area contributed by atoms with Crippen molar-refractivity contribution in [3.8, 4) is 0 Å². The third kappa shape index (κ3) is 3.63. The Kier molecular flexibility index (Phi) is 4.86. The minimum absolute atomic E-state index is 0.0776. The number of anilines is 3. The van der Waals surface area contributed by atoms with Crippen LogP contribution in [0.1, 0.15) is 49.9 Å². The number of aryl methyl sites for hydroxylation is 1. The predicted octanol–water partition coefficient (Wildman–Crippen LogP) is 3.05. The molecule has 0 unspecified atom stereocenters. The van der Waals surface area contributed by atoms with E-state index in [2.05, 4.69) is 20.5 Å². The van der Waals surface area contributed by atoms with E-state index in [1.54, 1.807) is 11.2 Å². The molecule has 2 aliphatic rings. The van der Waals surface area contributed by atoms with Crippen LogP contribution in [-0.4, -0.2) is 50.7 Å². The van der Waals surface area contributed by atoms with Gasteiger partial charge in [0, 0.05) is 46.9 Å². The summed E-state index contributed by atoms with van der Waals surface area (Å²) in [5, 5.41) is 11.0. The van der Waals surface area contributed by atoms with Gasteiger partial charge in [0.2, 0.25) is 10.0 Å². The van der Waals surface area contributed by atoms with E-state index in [0.717, 1.165) is 48.0 Å². The molecule has 2 bridgehead atoms.